The maximum absolute atomic E-state index is 12.1. The van der Waals surface area contributed by atoms with E-state index in [-0.39, 0.29) is 6.03 Å². The van der Waals surface area contributed by atoms with E-state index in [1.165, 1.54) is 0 Å². The Morgan fingerprint density at radius 2 is 2.38 bits per heavy atom. The normalized spacial score (nSPS) is 18.0. The zero-order chi connectivity index (χ0) is 14.7. The van der Waals surface area contributed by atoms with Gasteiger partial charge in [0, 0.05) is 26.1 Å². The lowest BCUT2D eigenvalue weighted by molar-refractivity contribution is 0.182. The molecule has 1 N–H and O–H groups in total. The number of fused-ring (bicyclic) bond motifs is 1. The van der Waals surface area contributed by atoms with Gasteiger partial charge in [0.25, 0.3) is 0 Å². The van der Waals surface area contributed by atoms with Gasteiger partial charge in [0.2, 0.25) is 0 Å². The van der Waals surface area contributed by atoms with Gasteiger partial charge >= 0.3 is 6.03 Å². The highest BCUT2D eigenvalue weighted by molar-refractivity contribution is 7.18. The molecule has 3 rings (SSSR count). The third-order valence-electron chi connectivity index (χ3n) is 3.62. The first-order valence-electron chi connectivity index (χ1n) is 7.13. The van der Waals surface area contributed by atoms with E-state index in [4.69, 9.17) is 4.74 Å². The van der Waals surface area contributed by atoms with E-state index in [0.29, 0.717) is 19.0 Å². The highest BCUT2D eigenvalue weighted by atomic mass is 32.1. The number of rotatable bonds is 4. The van der Waals surface area contributed by atoms with E-state index < -0.39 is 0 Å². The van der Waals surface area contributed by atoms with Gasteiger partial charge < -0.3 is 15.0 Å². The van der Waals surface area contributed by atoms with Crippen LogP contribution in [-0.2, 0) is 11.3 Å². The molecule has 1 aliphatic rings. The van der Waals surface area contributed by atoms with Gasteiger partial charge in [-0.25, -0.2) is 9.78 Å². The molecule has 2 aromatic rings. The second kappa shape index (κ2) is 6.41. The number of carbonyl (C=O) groups is 1. The number of thiazole rings is 1. The number of hydrogen-bond acceptors (Lipinski definition) is 4. The second-order valence-corrected chi connectivity index (χ2v) is 6.46. The summed E-state index contributed by atoms with van der Waals surface area (Å²) in [6, 6.07) is 7.98. The Morgan fingerprint density at radius 1 is 1.52 bits per heavy atom. The summed E-state index contributed by atoms with van der Waals surface area (Å²) in [5.74, 6) is 0.449. The molecule has 1 saturated heterocycles. The van der Waals surface area contributed by atoms with Gasteiger partial charge in [0.05, 0.1) is 23.4 Å². The first-order valence-corrected chi connectivity index (χ1v) is 7.95. The van der Waals surface area contributed by atoms with E-state index in [2.05, 4.69) is 16.4 Å². The van der Waals surface area contributed by atoms with Crippen LogP contribution >= 0.6 is 11.3 Å². The van der Waals surface area contributed by atoms with Crippen molar-refractivity contribution >= 4 is 27.6 Å². The molecule has 1 atom stereocenters. The molecule has 0 spiro atoms. The van der Waals surface area contributed by atoms with Crippen molar-refractivity contribution in [2.75, 3.05) is 26.8 Å². The van der Waals surface area contributed by atoms with Crippen molar-refractivity contribution in [3.63, 3.8) is 0 Å². The Balaban J connectivity index is 1.54. The average molecular weight is 305 g/mol. The van der Waals surface area contributed by atoms with Crippen LogP contribution in [0.1, 0.15) is 11.4 Å². The number of benzene rings is 1. The van der Waals surface area contributed by atoms with Crippen LogP contribution in [0.5, 0.6) is 0 Å². The molecule has 2 amide bonds. The van der Waals surface area contributed by atoms with Crippen molar-refractivity contribution in [1.29, 1.82) is 0 Å². The number of nitrogens with zero attached hydrogens (tertiary/aromatic N) is 2. The Bertz CT molecular complexity index is 589. The predicted molar refractivity (Wildman–Crippen MR) is 83.4 cm³/mol. The molecule has 1 aliphatic heterocycles. The fraction of sp³-hybridized carbons (Fsp3) is 0.467. The third kappa shape index (κ3) is 3.51. The number of ether oxygens (including phenoxy) is 1. The van der Waals surface area contributed by atoms with Crippen molar-refractivity contribution in [1.82, 2.24) is 15.2 Å². The highest BCUT2D eigenvalue weighted by Gasteiger charge is 2.18. The van der Waals surface area contributed by atoms with Gasteiger partial charge in [-0.1, -0.05) is 12.1 Å². The van der Waals surface area contributed by atoms with E-state index in [1.54, 1.807) is 23.3 Å². The second-order valence-electron chi connectivity index (χ2n) is 5.35. The van der Waals surface area contributed by atoms with E-state index in [1.807, 2.05) is 18.2 Å². The van der Waals surface area contributed by atoms with Crippen LogP contribution in [0.25, 0.3) is 10.2 Å². The lowest BCUT2D eigenvalue weighted by Gasteiger charge is -2.18. The summed E-state index contributed by atoms with van der Waals surface area (Å²) in [7, 11) is 1.80. The van der Waals surface area contributed by atoms with Crippen LogP contribution in [0.3, 0.4) is 0 Å². The molecule has 0 bridgehead atoms. The molecule has 5 nitrogen and oxygen atoms in total. The minimum Gasteiger partial charge on any atom is -0.381 e. The molecule has 0 saturated carbocycles. The van der Waals surface area contributed by atoms with E-state index >= 15 is 0 Å². The molecule has 1 fully saturated rings. The molecule has 2 heterocycles. The molecule has 0 unspecified atom stereocenters. The molecular formula is C15H19N3O2S. The van der Waals surface area contributed by atoms with Crippen LogP contribution in [0.4, 0.5) is 4.79 Å². The molecule has 0 aliphatic carbocycles. The first-order chi connectivity index (χ1) is 10.2. The number of hydrogen-bond donors (Lipinski definition) is 1. The number of amides is 2. The summed E-state index contributed by atoms with van der Waals surface area (Å²) >= 11 is 1.63. The van der Waals surface area contributed by atoms with Gasteiger partial charge in [-0.05, 0) is 18.6 Å². The summed E-state index contributed by atoms with van der Waals surface area (Å²) in [5, 5.41) is 3.92. The number of urea groups is 1. The van der Waals surface area contributed by atoms with Crippen LogP contribution in [0.15, 0.2) is 24.3 Å². The predicted octanol–water partition coefficient (Wildman–Crippen LogP) is 2.47. The molecule has 21 heavy (non-hydrogen) atoms. The molecule has 6 heteroatoms. The van der Waals surface area contributed by atoms with Crippen LogP contribution in [0.2, 0.25) is 0 Å². The lowest BCUT2D eigenvalue weighted by Crippen LogP contribution is -2.39. The van der Waals surface area contributed by atoms with Gasteiger partial charge in [-0.15, -0.1) is 11.3 Å². The Morgan fingerprint density at radius 3 is 3.14 bits per heavy atom. The van der Waals surface area contributed by atoms with Crippen molar-refractivity contribution < 1.29 is 9.53 Å². The van der Waals surface area contributed by atoms with Crippen LogP contribution < -0.4 is 5.32 Å². The summed E-state index contributed by atoms with van der Waals surface area (Å²) in [6.45, 7) is 2.78. The Labute approximate surface area is 127 Å². The maximum atomic E-state index is 12.1. The van der Waals surface area contributed by atoms with Gasteiger partial charge in [0.1, 0.15) is 5.01 Å². The van der Waals surface area contributed by atoms with Crippen LogP contribution in [0, 0.1) is 5.92 Å². The quantitative estimate of drug-likeness (QED) is 0.944. The summed E-state index contributed by atoms with van der Waals surface area (Å²) < 4.78 is 6.46. The van der Waals surface area contributed by atoms with Gasteiger partial charge in [0.15, 0.2) is 0 Å². The minimum absolute atomic E-state index is 0.0545. The number of aromatic nitrogens is 1. The first kappa shape index (κ1) is 14.3. The van der Waals surface area contributed by atoms with E-state index in [9.17, 15) is 4.79 Å². The largest absolute Gasteiger partial charge is 0.381 e. The summed E-state index contributed by atoms with van der Waals surface area (Å²) in [4.78, 5) is 18.3. The molecular weight excluding hydrogens is 286 g/mol. The molecule has 112 valence electrons. The summed E-state index contributed by atoms with van der Waals surface area (Å²) in [6.07, 6.45) is 1.03. The molecule has 1 aromatic heterocycles. The standard InChI is InChI=1S/C15H19N3O2S/c1-18(15(19)16-8-11-6-7-20-10-11)9-14-17-12-4-2-3-5-13(12)21-14/h2-5,11H,6-10H2,1H3,(H,16,19)/t11-/m1/s1. The average Bonchev–Trinajstić information content (AvgIpc) is 3.13. The molecule has 1 aromatic carbocycles. The number of carbonyl (C=O) groups excluding carboxylic acids is 1. The maximum Gasteiger partial charge on any atom is 0.317 e. The number of para-hydroxylation sites is 1. The van der Waals surface area contributed by atoms with Crippen molar-refractivity contribution in [3.8, 4) is 0 Å². The van der Waals surface area contributed by atoms with Crippen molar-refractivity contribution in [2.45, 2.75) is 13.0 Å². The zero-order valence-electron chi connectivity index (χ0n) is 12.0. The Kier molecular flexibility index (Phi) is 4.36. The monoisotopic (exact) mass is 305 g/mol. The van der Waals surface area contributed by atoms with Crippen LogP contribution in [-0.4, -0.2) is 42.7 Å². The Hall–Kier alpha value is -1.66. The van der Waals surface area contributed by atoms with Gasteiger partial charge in [-0.2, -0.15) is 0 Å². The SMILES string of the molecule is CN(Cc1nc2ccccc2s1)C(=O)NC[C@H]1CCOC1. The topological polar surface area (TPSA) is 54.5 Å². The fourth-order valence-electron chi connectivity index (χ4n) is 2.37. The zero-order valence-corrected chi connectivity index (χ0v) is 12.9. The minimum atomic E-state index is -0.0545. The molecule has 0 radical (unpaired) electrons. The van der Waals surface area contributed by atoms with Gasteiger partial charge in [-0.3, -0.25) is 0 Å². The number of nitrogens with one attached hydrogen (secondary N) is 1. The smallest absolute Gasteiger partial charge is 0.317 e. The van der Waals surface area contributed by atoms with Crippen molar-refractivity contribution in [2.24, 2.45) is 5.92 Å². The highest BCUT2D eigenvalue weighted by Crippen LogP contribution is 2.22. The van der Waals surface area contributed by atoms with Crippen molar-refractivity contribution in [3.05, 3.63) is 29.3 Å². The fourth-order valence-corrected chi connectivity index (χ4v) is 3.39. The lowest BCUT2D eigenvalue weighted by atomic mass is 10.1. The summed E-state index contributed by atoms with van der Waals surface area (Å²) in [5.41, 5.74) is 0.995. The third-order valence-corrected chi connectivity index (χ3v) is 4.64. The van der Waals surface area contributed by atoms with E-state index in [0.717, 1.165) is 34.9 Å².